The third-order valence-corrected chi connectivity index (χ3v) is 6.55. The summed E-state index contributed by atoms with van der Waals surface area (Å²) in [5, 5.41) is 3.67. The van der Waals surface area contributed by atoms with Gasteiger partial charge < -0.3 is 5.32 Å². The van der Waals surface area contributed by atoms with Crippen LogP contribution in [0, 0.1) is 29.6 Å². The average molecular weight is 248 g/mol. The van der Waals surface area contributed by atoms with E-state index in [9.17, 15) is 0 Å². The number of likely N-dealkylation sites (N-methyl/N-ethyl adjacent to an activating group) is 1. The highest BCUT2D eigenvalue weighted by atomic mass is 15.2. The zero-order chi connectivity index (χ0) is 12.1. The molecule has 0 amide bonds. The first-order chi connectivity index (χ1) is 8.85. The van der Waals surface area contributed by atoms with Crippen molar-refractivity contribution in [3.05, 3.63) is 0 Å². The van der Waals surface area contributed by atoms with Gasteiger partial charge in [0.15, 0.2) is 0 Å². The highest BCUT2D eigenvalue weighted by molar-refractivity contribution is 5.03. The van der Waals surface area contributed by atoms with E-state index in [4.69, 9.17) is 0 Å². The van der Waals surface area contributed by atoms with Crippen LogP contribution < -0.4 is 5.32 Å². The van der Waals surface area contributed by atoms with E-state index < -0.39 is 0 Å². The molecule has 1 saturated heterocycles. The van der Waals surface area contributed by atoms with Gasteiger partial charge in [-0.1, -0.05) is 6.92 Å². The zero-order valence-electron chi connectivity index (χ0n) is 11.8. The molecular formula is C16H28N2. The van der Waals surface area contributed by atoms with Gasteiger partial charge in [0.05, 0.1) is 0 Å². The fraction of sp³-hybridized carbons (Fsp3) is 1.00. The van der Waals surface area contributed by atoms with Crippen LogP contribution in [0.25, 0.3) is 0 Å². The third kappa shape index (κ3) is 1.76. The molecule has 1 aliphatic heterocycles. The van der Waals surface area contributed by atoms with Gasteiger partial charge in [-0.2, -0.15) is 0 Å². The molecule has 1 unspecified atom stereocenters. The Bertz CT molecular complexity index is 286. The quantitative estimate of drug-likeness (QED) is 0.807. The molecular weight excluding hydrogens is 220 g/mol. The first-order valence-electron chi connectivity index (χ1n) is 8.30. The molecule has 4 saturated carbocycles. The van der Waals surface area contributed by atoms with Crippen molar-refractivity contribution in [2.45, 2.75) is 45.1 Å². The summed E-state index contributed by atoms with van der Waals surface area (Å²) in [5.74, 6) is 5.44. The summed E-state index contributed by atoms with van der Waals surface area (Å²) in [7, 11) is 0. The molecule has 0 aromatic rings. The minimum atomic E-state index is 0.860. The summed E-state index contributed by atoms with van der Waals surface area (Å²) in [5.41, 5.74) is 0. The van der Waals surface area contributed by atoms with Crippen LogP contribution in [0.3, 0.4) is 0 Å². The minimum Gasteiger partial charge on any atom is -0.314 e. The molecule has 0 aromatic heterocycles. The fourth-order valence-electron chi connectivity index (χ4n) is 6.14. The Balaban J connectivity index is 1.56. The van der Waals surface area contributed by atoms with E-state index >= 15 is 0 Å². The van der Waals surface area contributed by atoms with Crippen molar-refractivity contribution in [2.24, 2.45) is 29.6 Å². The predicted octanol–water partition coefficient (Wildman–Crippen LogP) is 2.35. The van der Waals surface area contributed by atoms with E-state index in [1.54, 1.807) is 32.1 Å². The molecule has 5 fully saturated rings. The molecule has 5 rings (SSSR count). The van der Waals surface area contributed by atoms with Crippen LogP contribution in [0.4, 0.5) is 0 Å². The van der Waals surface area contributed by atoms with Gasteiger partial charge in [0, 0.05) is 25.7 Å². The Morgan fingerprint density at radius 2 is 1.67 bits per heavy atom. The number of piperazine rings is 1. The maximum atomic E-state index is 3.67. The lowest BCUT2D eigenvalue weighted by atomic mass is 9.50. The first kappa shape index (κ1) is 11.7. The maximum absolute atomic E-state index is 3.67. The molecule has 1 N–H and O–H groups in total. The summed E-state index contributed by atoms with van der Waals surface area (Å²) in [6, 6.07) is 0.860. The second-order valence-electron chi connectivity index (χ2n) is 7.41. The molecule has 102 valence electrons. The lowest BCUT2D eigenvalue weighted by Crippen LogP contribution is -2.60. The van der Waals surface area contributed by atoms with Crippen LogP contribution in [0.2, 0.25) is 0 Å². The maximum Gasteiger partial charge on any atom is 0.0254 e. The molecule has 2 heteroatoms. The van der Waals surface area contributed by atoms with Crippen molar-refractivity contribution in [3.63, 3.8) is 0 Å². The average Bonchev–Trinajstić information content (AvgIpc) is 2.38. The number of nitrogens with zero attached hydrogens (tertiary/aromatic N) is 1. The number of hydrogen-bond acceptors (Lipinski definition) is 2. The second-order valence-corrected chi connectivity index (χ2v) is 7.41. The zero-order valence-corrected chi connectivity index (χ0v) is 11.8. The van der Waals surface area contributed by atoms with E-state index in [0.29, 0.717) is 0 Å². The van der Waals surface area contributed by atoms with Gasteiger partial charge in [0.25, 0.3) is 0 Å². The van der Waals surface area contributed by atoms with Crippen LogP contribution in [-0.4, -0.2) is 37.1 Å². The van der Waals surface area contributed by atoms with Gasteiger partial charge in [-0.3, -0.25) is 4.90 Å². The van der Waals surface area contributed by atoms with E-state index in [0.717, 1.165) is 35.6 Å². The molecule has 1 atom stereocenters. The van der Waals surface area contributed by atoms with Crippen LogP contribution in [-0.2, 0) is 0 Å². The van der Waals surface area contributed by atoms with Gasteiger partial charge in [-0.25, -0.2) is 0 Å². The van der Waals surface area contributed by atoms with Crippen LogP contribution >= 0.6 is 0 Å². The molecule has 2 nitrogen and oxygen atoms in total. The van der Waals surface area contributed by atoms with Gasteiger partial charge in [0.2, 0.25) is 0 Å². The summed E-state index contributed by atoms with van der Waals surface area (Å²) in [4.78, 5) is 2.78. The first-order valence-corrected chi connectivity index (χ1v) is 8.30. The standard InChI is InChI=1S/C16H28N2/c1-2-18-4-3-17-10-15(18)16-13-6-11-5-12(8-13)9-14(16)7-11/h11-17H,2-10H2,1H3. The SMILES string of the molecule is CCN1CCNCC1C1C2CC3CC(C2)CC1C3. The highest BCUT2D eigenvalue weighted by Gasteiger charge is 2.51. The highest BCUT2D eigenvalue weighted by Crippen LogP contribution is 2.57. The van der Waals surface area contributed by atoms with Gasteiger partial charge in [-0.15, -0.1) is 0 Å². The normalized spacial score (nSPS) is 51.8. The Hall–Kier alpha value is -0.0800. The minimum absolute atomic E-state index is 0.860. The predicted molar refractivity (Wildman–Crippen MR) is 74.4 cm³/mol. The smallest absolute Gasteiger partial charge is 0.0254 e. The molecule has 0 spiro atoms. The van der Waals surface area contributed by atoms with E-state index in [1.165, 1.54) is 26.2 Å². The Labute approximate surface area is 111 Å². The van der Waals surface area contributed by atoms with Gasteiger partial charge >= 0.3 is 0 Å². The van der Waals surface area contributed by atoms with Crippen molar-refractivity contribution < 1.29 is 0 Å². The molecule has 1 heterocycles. The molecule has 0 radical (unpaired) electrons. The van der Waals surface area contributed by atoms with Gasteiger partial charge in [0.1, 0.15) is 0 Å². The Morgan fingerprint density at radius 1 is 1.00 bits per heavy atom. The monoisotopic (exact) mass is 248 g/mol. The van der Waals surface area contributed by atoms with E-state index in [-0.39, 0.29) is 0 Å². The van der Waals surface area contributed by atoms with E-state index in [1.807, 2.05) is 0 Å². The van der Waals surface area contributed by atoms with Crippen LogP contribution in [0.5, 0.6) is 0 Å². The number of nitrogens with one attached hydrogen (secondary N) is 1. The van der Waals surface area contributed by atoms with Gasteiger partial charge in [-0.05, 0) is 68.2 Å². The number of hydrogen-bond donors (Lipinski definition) is 1. The Kier molecular flexibility index (Phi) is 2.92. The lowest BCUT2D eigenvalue weighted by molar-refractivity contribution is -0.0774. The van der Waals surface area contributed by atoms with Crippen LogP contribution in [0.1, 0.15) is 39.0 Å². The van der Waals surface area contributed by atoms with Crippen molar-refractivity contribution in [1.29, 1.82) is 0 Å². The molecule has 4 bridgehead atoms. The summed E-state index contributed by atoms with van der Waals surface area (Å²) in [6.07, 6.45) is 7.88. The largest absolute Gasteiger partial charge is 0.314 e. The summed E-state index contributed by atoms with van der Waals surface area (Å²) in [6.45, 7) is 7.37. The van der Waals surface area contributed by atoms with Crippen molar-refractivity contribution in [2.75, 3.05) is 26.2 Å². The van der Waals surface area contributed by atoms with E-state index in [2.05, 4.69) is 17.1 Å². The fourth-order valence-corrected chi connectivity index (χ4v) is 6.14. The van der Waals surface area contributed by atoms with Crippen molar-refractivity contribution in [1.82, 2.24) is 10.2 Å². The summed E-state index contributed by atoms with van der Waals surface area (Å²) < 4.78 is 0. The van der Waals surface area contributed by atoms with Crippen molar-refractivity contribution >= 4 is 0 Å². The molecule has 5 aliphatic rings. The Morgan fingerprint density at radius 3 is 2.28 bits per heavy atom. The molecule has 4 aliphatic carbocycles. The molecule has 0 aromatic carbocycles. The van der Waals surface area contributed by atoms with Crippen LogP contribution in [0.15, 0.2) is 0 Å². The topological polar surface area (TPSA) is 15.3 Å². The summed E-state index contributed by atoms with van der Waals surface area (Å²) >= 11 is 0. The second kappa shape index (κ2) is 4.49. The van der Waals surface area contributed by atoms with Crippen molar-refractivity contribution in [3.8, 4) is 0 Å². The lowest BCUT2D eigenvalue weighted by Gasteiger charge is -2.58. The number of rotatable bonds is 2. The molecule has 18 heavy (non-hydrogen) atoms. The third-order valence-electron chi connectivity index (χ3n) is 6.55.